The molecular weight excluding hydrogens is 242 g/mol. The predicted octanol–water partition coefficient (Wildman–Crippen LogP) is 1.50. The van der Waals surface area contributed by atoms with Crippen LogP contribution in [0.25, 0.3) is 0 Å². The molecule has 0 aromatic carbocycles. The highest BCUT2D eigenvalue weighted by Gasteiger charge is 2.38. The summed E-state index contributed by atoms with van der Waals surface area (Å²) in [5.41, 5.74) is 0. The van der Waals surface area contributed by atoms with E-state index in [1.807, 2.05) is 27.7 Å². The van der Waals surface area contributed by atoms with Crippen LogP contribution in [0.1, 0.15) is 41.0 Å². The van der Waals surface area contributed by atoms with Crippen molar-refractivity contribution in [2.75, 3.05) is 19.6 Å². The molecule has 1 fully saturated rings. The molecule has 1 aliphatic heterocycles. The lowest BCUT2D eigenvalue weighted by molar-refractivity contribution is 0.0321. The van der Waals surface area contributed by atoms with Gasteiger partial charge in [-0.2, -0.15) is 0 Å². The van der Waals surface area contributed by atoms with Gasteiger partial charge in [-0.3, -0.25) is 4.90 Å². The van der Waals surface area contributed by atoms with Crippen molar-refractivity contribution in [2.24, 2.45) is 11.8 Å². The van der Waals surface area contributed by atoms with Gasteiger partial charge in [0.05, 0.1) is 24.4 Å². The van der Waals surface area contributed by atoms with Crippen molar-refractivity contribution in [1.82, 2.24) is 4.90 Å². The van der Waals surface area contributed by atoms with Crippen molar-refractivity contribution in [1.29, 1.82) is 0 Å². The zero-order valence-electron chi connectivity index (χ0n) is 13.0. The van der Waals surface area contributed by atoms with E-state index in [4.69, 9.17) is 4.74 Å². The van der Waals surface area contributed by atoms with E-state index in [-0.39, 0.29) is 30.1 Å². The molecule has 0 aromatic rings. The Morgan fingerprint density at radius 2 is 1.42 bits per heavy atom. The monoisotopic (exact) mass is 273 g/mol. The van der Waals surface area contributed by atoms with Crippen LogP contribution in [0.2, 0.25) is 0 Å². The quantitative estimate of drug-likeness (QED) is 0.625. The number of epoxide rings is 1. The van der Waals surface area contributed by atoms with Crippen LogP contribution in [-0.2, 0) is 4.74 Å². The van der Waals surface area contributed by atoms with Crippen LogP contribution in [0.4, 0.5) is 0 Å². The molecule has 1 heterocycles. The molecule has 1 rings (SSSR count). The number of rotatable bonds is 9. The lowest BCUT2D eigenvalue weighted by Crippen LogP contribution is -2.43. The van der Waals surface area contributed by atoms with Gasteiger partial charge in [-0.1, -0.05) is 34.6 Å². The Labute approximate surface area is 117 Å². The van der Waals surface area contributed by atoms with Crippen molar-refractivity contribution < 1.29 is 14.9 Å². The van der Waals surface area contributed by atoms with Gasteiger partial charge in [0.15, 0.2) is 0 Å². The van der Waals surface area contributed by atoms with E-state index in [0.29, 0.717) is 19.2 Å². The molecule has 0 amide bonds. The topological polar surface area (TPSA) is 56.2 Å². The first-order valence-electron chi connectivity index (χ1n) is 7.59. The second-order valence-electron chi connectivity index (χ2n) is 6.46. The molecule has 0 bridgehead atoms. The van der Waals surface area contributed by atoms with Crippen LogP contribution >= 0.6 is 0 Å². The maximum Gasteiger partial charge on any atom is 0.0968 e. The summed E-state index contributed by atoms with van der Waals surface area (Å²) in [4.78, 5) is 2.15. The van der Waals surface area contributed by atoms with Crippen LogP contribution < -0.4 is 0 Å². The van der Waals surface area contributed by atoms with Gasteiger partial charge in [0, 0.05) is 19.6 Å². The van der Waals surface area contributed by atoms with E-state index in [2.05, 4.69) is 11.8 Å². The predicted molar refractivity (Wildman–Crippen MR) is 77.1 cm³/mol. The highest BCUT2D eigenvalue weighted by molar-refractivity contribution is 4.87. The minimum atomic E-state index is -0.349. The number of aliphatic hydroxyl groups excluding tert-OH is 2. The van der Waals surface area contributed by atoms with Gasteiger partial charge < -0.3 is 14.9 Å². The van der Waals surface area contributed by atoms with Crippen LogP contribution in [0.15, 0.2) is 0 Å². The Balaban J connectivity index is 2.47. The normalized spacial score (nSPS) is 26.2. The van der Waals surface area contributed by atoms with Gasteiger partial charge in [-0.15, -0.1) is 0 Å². The number of ether oxygens (including phenoxy) is 1. The van der Waals surface area contributed by atoms with E-state index < -0.39 is 0 Å². The summed E-state index contributed by atoms with van der Waals surface area (Å²) in [6.45, 7) is 12.2. The summed E-state index contributed by atoms with van der Waals surface area (Å²) >= 11 is 0. The average Bonchev–Trinajstić information content (AvgIpc) is 3.06. The van der Waals surface area contributed by atoms with E-state index in [9.17, 15) is 10.2 Å². The molecule has 1 saturated heterocycles. The van der Waals surface area contributed by atoms with Gasteiger partial charge in [0.25, 0.3) is 0 Å². The van der Waals surface area contributed by atoms with Crippen molar-refractivity contribution in [3.8, 4) is 0 Å². The summed E-state index contributed by atoms with van der Waals surface area (Å²) in [5.74, 6) is 0.474. The molecule has 0 aromatic heterocycles. The molecule has 114 valence electrons. The SMILES string of the molecule is CCC1OC1CN(CC(O)C(C)C)CC(O)C(C)C. The number of nitrogens with zero attached hydrogens (tertiary/aromatic N) is 1. The van der Waals surface area contributed by atoms with Crippen LogP contribution in [-0.4, -0.2) is 59.2 Å². The van der Waals surface area contributed by atoms with E-state index in [1.54, 1.807) is 0 Å². The molecule has 0 saturated carbocycles. The minimum absolute atomic E-state index is 0.237. The van der Waals surface area contributed by atoms with Gasteiger partial charge in [-0.25, -0.2) is 0 Å². The molecule has 19 heavy (non-hydrogen) atoms. The maximum absolute atomic E-state index is 10.0. The first-order valence-corrected chi connectivity index (χ1v) is 7.59. The lowest BCUT2D eigenvalue weighted by Gasteiger charge is -2.29. The molecule has 2 N–H and O–H groups in total. The Bertz CT molecular complexity index is 242. The fraction of sp³-hybridized carbons (Fsp3) is 1.00. The Kier molecular flexibility index (Phi) is 6.74. The van der Waals surface area contributed by atoms with Crippen molar-refractivity contribution in [3.05, 3.63) is 0 Å². The molecule has 1 aliphatic rings. The van der Waals surface area contributed by atoms with Crippen LogP contribution in [0, 0.1) is 11.8 Å². The fourth-order valence-electron chi connectivity index (χ4n) is 2.13. The molecule has 4 heteroatoms. The summed E-state index contributed by atoms with van der Waals surface area (Å²) in [5, 5.41) is 20.1. The fourth-order valence-corrected chi connectivity index (χ4v) is 2.13. The standard InChI is InChI=1S/C15H31NO3/c1-6-14-15(19-14)9-16(7-12(17)10(2)3)8-13(18)11(4)5/h10-15,17-18H,6-9H2,1-5H3. The zero-order chi connectivity index (χ0) is 14.6. The zero-order valence-corrected chi connectivity index (χ0v) is 13.0. The third-order valence-corrected chi connectivity index (χ3v) is 3.96. The second-order valence-corrected chi connectivity index (χ2v) is 6.46. The Morgan fingerprint density at radius 3 is 1.74 bits per heavy atom. The largest absolute Gasteiger partial charge is 0.392 e. The summed E-state index contributed by atoms with van der Waals surface area (Å²) < 4.78 is 5.58. The van der Waals surface area contributed by atoms with Crippen LogP contribution in [0.5, 0.6) is 0 Å². The first-order chi connectivity index (χ1) is 8.85. The molecule has 4 atom stereocenters. The highest BCUT2D eigenvalue weighted by Crippen LogP contribution is 2.26. The minimum Gasteiger partial charge on any atom is -0.392 e. The average molecular weight is 273 g/mol. The van der Waals surface area contributed by atoms with E-state index >= 15 is 0 Å². The third-order valence-electron chi connectivity index (χ3n) is 3.96. The Morgan fingerprint density at radius 1 is 0.947 bits per heavy atom. The van der Waals surface area contributed by atoms with Gasteiger partial charge in [0.1, 0.15) is 0 Å². The molecule has 4 nitrogen and oxygen atoms in total. The number of hydrogen-bond donors (Lipinski definition) is 2. The molecular formula is C15H31NO3. The van der Waals surface area contributed by atoms with Crippen molar-refractivity contribution >= 4 is 0 Å². The summed E-state index contributed by atoms with van der Waals surface area (Å²) in [7, 11) is 0. The van der Waals surface area contributed by atoms with Crippen molar-refractivity contribution in [3.63, 3.8) is 0 Å². The lowest BCUT2D eigenvalue weighted by atomic mass is 10.0. The summed E-state index contributed by atoms with van der Waals surface area (Å²) in [6, 6.07) is 0. The van der Waals surface area contributed by atoms with Crippen LogP contribution in [0.3, 0.4) is 0 Å². The molecule has 0 aliphatic carbocycles. The molecule has 4 unspecified atom stereocenters. The van der Waals surface area contributed by atoms with Gasteiger partial charge >= 0.3 is 0 Å². The van der Waals surface area contributed by atoms with E-state index in [1.165, 1.54) is 0 Å². The van der Waals surface area contributed by atoms with Gasteiger partial charge in [0.2, 0.25) is 0 Å². The Hall–Kier alpha value is -0.160. The van der Waals surface area contributed by atoms with E-state index in [0.717, 1.165) is 13.0 Å². The third kappa shape index (κ3) is 5.78. The molecule has 0 spiro atoms. The highest BCUT2D eigenvalue weighted by atomic mass is 16.6. The van der Waals surface area contributed by atoms with Gasteiger partial charge in [-0.05, 0) is 18.3 Å². The van der Waals surface area contributed by atoms with Crippen molar-refractivity contribution in [2.45, 2.75) is 65.5 Å². The summed E-state index contributed by atoms with van der Waals surface area (Å²) in [6.07, 6.45) is 0.993. The second kappa shape index (κ2) is 7.58. The maximum atomic E-state index is 10.0. The number of hydrogen-bond acceptors (Lipinski definition) is 4. The molecule has 0 radical (unpaired) electrons. The smallest absolute Gasteiger partial charge is 0.0968 e. The first kappa shape index (κ1) is 16.9. The number of aliphatic hydroxyl groups is 2.